The Kier molecular flexibility index (Phi) is 7.76. The highest BCUT2D eigenvalue weighted by atomic mass is 35.5. The maximum Gasteiger partial charge on any atom is 0.269 e. The molecule has 0 aliphatic heterocycles. The van der Waals surface area contributed by atoms with Gasteiger partial charge in [-0.15, -0.1) is 0 Å². The van der Waals surface area contributed by atoms with Crippen molar-refractivity contribution in [3.8, 4) is 11.5 Å². The van der Waals surface area contributed by atoms with Crippen molar-refractivity contribution in [3.63, 3.8) is 0 Å². The summed E-state index contributed by atoms with van der Waals surface area (Å²) in [5, 5.41) is 0.527. The third kappa shape index (κ3) is 6.29. The molecule has 138 valence electrons. The molecule has 0 fully saturated rings. The van der Waals surface area contributed by atoms with E-state index in [1.54, 1.807) is 36.4 Å². The first kappa shape index (κ1) is 19.6. The molecule has 0 spiro atoms. The van der Waals surface area contributed by atoms with E-state index in [1.165, 1.54) is 0 Å². The summed E-state index contributed by atoms with van der Waals surface area (Å²) in [5.41, 5.74) is 5.18. The number of carbonyl (C=O) groups is 2. The molecule has 0 saturated carbocycles. The lowest BCUT2D eigenvalue weighted by Crippen LogP contribution is -2.41. The van der Waals surface area contributed by atoms with Crippen LogP contribution in [-0.4, -0.2) is 25.0 Å². The second kappa shape index (κ2) is 10.3. The molecule has 26 heavy (non-hydrogen) atoms. The summed E-state index contributed by atoms with van der Waals surface area (Å²) in [7, 11) is 0. The van der Waals surface area contributed by atoms with Crippen LogP contribution in [-0.2, 0) is 4.79 Å². The van der Waals surface area contributed by atoms with E-state index in [0.717, 1.165) is 0 Å². The van der Waals surface area contributed by atoms with Crippen molar-refractivity contribution < 1.29 is 19.1 Å². The summed E-state index contributed by atoms with van der Waals surface area (Å²) in [4.78, 5) is 23.7. The summed E-state index contributed by atoms with van der Waals surface area (Å²) in [6, 6.07) is 13.8. The molecule has 2 amide bonds. The quantitative estimate of drug-likeness (QED) is 0.547. The minimum absolute atomic E-state index is 0.216. The lowest BCUT2D eigenvalue weighted by Gasteiger charge is -2.09. The standard InChI is InChI=1S/C19H21ClN2O4/c1-2-25-15-11-9-14(10-12-15)19(24)22-21-18(23)8-5-13-26-17-7-4-3-6-16(17)20/h3-4,6-7,9-12H,2,5,8,13H2,1H3,(H,21,23)(H,22,24). The molecule has 6 nitrogen and oxygen atoms in total. The molecule has 0 aliphatic rings. The molecule has 0 radical (unpaired) electrons. The molecule has 2 aromatic carbocycles. The van der Waals surface area contributed by atoms with Gasteiger partial charge in [0.05, 0.1) is 18.2 Å². The van der Waals surface area contributed by atoms with Crippen LogP contribution < -0.4 is 20.3 Å². The molecule has 2 aromatic rings. The minimum Gasteiger partial charge on any atom is -0.494 e. The maximum absolute atomic E-state index is 12.0. The number of ether oxygens (including phenoxy) is 2. The van der Waals surface area contributed by atoms with Crippen molar-refractivity contribution in [3.05, 3.63) is 59.1 Å². The van der Waals surface area contributed by atoms with Gasteiger partial charge in [0.1, 0.15) is 11.5 Å². The molecule has 2 N–H and O–H groups in total. The zero-order valence-corrected chi connectivity index (χ0v) is 15.2. The first-order valence-corrected chi connectivity index (χ1v) is 8.67. The van der Waals surface area contributed by atoms with Crippen LogP contribution in [0.5, 0.6) is 11.5 Å². The highest BCUT2D eigenvalue weighted by Gasteiger charge is 2.08. The van der Waals surface area contributed by atoms with Gasteiger partial charge in [0.15, 0.2) is 0 Å². The Labute approximate surface area is 157 Å². The number of hydrazine groups is 1. The van der Waals surface area contributed by atoms with Crippen molar-refractivity contribution >= 4 is 23.4 Å². The van der Waals surface area contributed by atoms with Gasteiger partial charge in [-0.2, -0.15) is 0 Å². The molecule has 0 atom stereocenters. The van der Waals surface area contributed by atoms with Crippen molar-refractivity contribution in [2.75, 3.05) is 13.2 Å². The smallest absolute Gasteiger partial charge is 0.269 e. The molecule has 0 aromatic heterocycles. The average molecular weight is 377 g/mol. The number of para-hydroxylation sites is 1. The molecule has 0 aliphatic carbocycles. The lowest BCUT2D eigenvalue weighted by atomic mass is 10.2. The Bertz CT molecular complexity index is 735. The van der Waals surface area contributed by atoms with Crippen LogP contribution in [0, 0.1) is 0 Å². The van der Waals surface area contributed by atoms with Crippen LogP contribution >= 0.6 is 11.6 Å². The summed E-state index contributed by atoms with van der Waals surface area (Å²) in [6.07, 6.45) is 0.712. The Hall–Kier alpha value is -2.73. The maximum atomic E-state index is 12.0. The van der Waals surface area contributed by atoms with Gasteiger partial charge >= 0.3 is 0 Å². The van der Waals surface area contributed by atoms with Gasteiger partial charge in [0.25, 0.3) is 5.91 Å². The topological polar surface area (TPSA) is 76.7 Å². The molecule has 0 unspecified atom stereocenters. The highest BCUT2D eigenvalue weighted by molar-refractivity contribution is 6.32. The summed E-state index contributed by atoms with van der Waals surface area (Å²) < 4.78 is 10.8. The Morgan fingerprint density at radius 1 is 1.00 bits per heavy atom. The van der Waals surface area contributed by atoms with Gasteiger partial charge in [0, 0.05) is 12.0 Å². The Morgan fingerprint density at radius 2 is 1.73 bits per heavy atom. The summed E-state index contributed by atoms with van der Waals surface area (Å²) in [5.74, 6) is 0.575. The van der Waals surface area contributed by atoms with Crippen LogP contribution in [0.4, 0.5) is 0 Å². The van der Waals surface area contributed by atoms with E-state index in [-0.39, 0.29) is 12.3 Å². The fraction of sp³-hybridized carbons (Fsp3) is 0.263. The van der Waals surface area contributed by atoms with Gasteiger partial charge in [0.2, 0.25) is 5.91 Å². The van der Waals surface area contributed by atoms with E-state index in [4.69, 9.17) is 21.1 Å². The third-order valence-electron chi connectivity index (χ3n) is 3.39. The van der Waals surface area contributed by atoms with E-state index in [2.05, 4.69) is 10.9 Å². The normalized spacial score (nSPS) is 10.1. The minimum atomic E-state index is -0.395. The largest absolute Gasteiger partial charge is 0.494 e. The van der Waals surface area contributed by atoms with Gasteiger partial charge < -0.3 is 9.47 Å². The molecule has 0 bridgehead atoms. The first-order chi connectivity index (χ1) is 12.6. The van der Waals surface area contributed by atoms with Crippen molar-refractivity contribution in [2.45, 2.75) is 19.8 Å². The van der Waals surface area contributed by atoms with Crippen LogP contribution in [0.15, 0.2) is 48.5 Å². The summed E-state index contributed by atoms with van der Waals surface area (Å²) >= 11 is 5.98. The van der Waals surface area contributed by atoms with Gasteiger partial charge in [-0.05, 0) is 49.7 Å². The van der Waals surface area contributed by atoms with Gasteiger partial charge in [-0.1, -0.05) is 23.7 Å². The fourth-order valence-corrected chi connectivity index (χ4v) is 2.30. The monoisotopic (exact) mass is 376 g/mol. The number of carbonyl (C=O) groups excluding carboxylic acids is 2. The van der Waals surface area contributed by atoms with E-state index < -0.39 is 5.91 Å². The van der Waals surface area contributed by atoms with E-state index >= 15 is 0 Å². The van der Waals surface area contributed by atoms with E-state index in [0.29, 0.717) is 41.7 Å². The molecule has 7 heteroatoms. The van der Waals surface area contributed by atoms with Gasteiger partial charge in [-0.25, -0.2) is 0 Å². The third-order valence-corrected chi connectivity index (χ3v) is 3.70. The SMILES string of the molecule is CCOc1ccc(C(=O)NNC(=O)CCCOc2ccccc2Cl)cc1. The predicted octanol–water partition coefficient (Wildman–Crippen LogP) is 3.36. The number of rotatable bonds is 8. The van der Waals surface area contributed by atoms with Crippen molar-refractivity contribution in [1.29, 1.82) is 0 Å². The predicted molar refractivity (Wildman–Crippen MR) is 99.4 cm³/mol. The Morgan fingerprint density at radius 3 is 2.42 bits per heavy atom. The number of benzene rings is 2. The van der Waals surface area contributed by atoms with Crippen LogP contribution in [0.1, 0.15) is 30.1 Å². The van der Waals surface area contributed by atoms with Crippen molar-refractivity contribution in [1.82, 2.24) is 10.9 Å². The Balaban J connectivity index is 1.66. The second-order valence-corrected chi connectivity index (χ2v) is 5.75. The number of hydrogen-bond donors (Lipinski definition) is 2. The molecule has 0 heterocycles. The molecular weight excluding hydrogens is 356 g/mol. The fourth-order valence-electron chi connectivity index (χ4n) is 2.11. The zero-order valence-electron chi connectivity index (χ0n) is 14.5. The first-order valence-electron chi connectivity index (χ1n) is 8.29. The molecule has 0 saturated heterocycles. The van der Waals surface area contributed by atoms with E-state index in [9.17, 15) is 9.59 Å². The second-order valence-electron chi connectivity index (χ2n) is 5.34. The van der Waals surface area contributed by atoms with Crippen LogP contribution in [0.2, 0.25) is 5.02 Å². The molecular formula is C19H21ClN2O4. The molecule has 2 rings (SSSR count). The number of halogens is 1. The van der Waals surface area contributed by atoms with Gasteiger partial charge in [-0.3, -0.25) is 20.4 Å². The summed E-state index contributed by atoms with van der Waals surface area (Å²) in [6.45, 7) is 2.79. The lowest BCUT2D eigenvalue weighted by molar-refractivity contribution is -0.122. The zero-order chi connectivity index (χ0) is 18.8. The number of nitrogens with one attached hydrogen (secondary N) is 2. The van der Waals surface area contributed by atoms with Crippen LogP contribution in [0.3, 0.4) is 0 Å². The van der Waals surface area contributed by atoms with Crippen LogP contribution in [0.25, 0.3) is 0 Å². The number of hydrogen-bond acceptors (Lipinski definition) is 4. The average Bonchev–Trinajstić information content (AvgIpc) is 2.65. The number of amides is 2. The van der Waals surface area contributed by atoms with E-state index in [1.807, 2.05) is 19.1 Å². The highest BCUT2D eigenvalue weighted by Crippen LogP contribution is 2.23. The van der Waals surface area contributed by atoms with Crippen molar-refractivity contribution in [2.24, 2.45) is 0 Å².